The highest BCUT2D eigenvalue weighted by atomic mass is 19.1. The molecule has 0 spiro atoms. The van der Waals surface area contributed by atoms with Crippen LogP contribution in [0.25, 0.3) is 16.6 Å². The van der Waals surface area contributed by atoms with Crippen molar-refractivity contribution >= 4 is 16.8 Å². The van der Waals surface area contributed by atoms with Crippen molar-refractivity contribution in [2.45, 2.75) is 39.7 Å². The van der Waals surface area contributed by atoms with E-state index in [0.29, 0.717) is 17.2 Å². The number of benzene rings is 1. The van der Waals surface area contributed by atoms with Gasteiger partial charge in [-0.05, 0) is 81.9 Å². The van der Waals surface area contributed by atoms with Gasteiger partial charge in [0.2, 0.25) is 0 Å². The molecule has 1 amide bonds. The molecule has 1 aliphatic heterocycles. The van der Waals surface area contributed by atoms with E-state index in [1.165, 1.54) is 23.1 Å². The first-order chi connectivity index (χ1) is 13.9. The van der Waals surface area contributed by atoms with Crippen LogP contribution in [0.15, 0.2) is 36.8 Å². The van der Waals surface area contributed by atoms with E-state index in [-0.39, 0.29) is 11.9 Å². The Hall–Kier alpha value is -2.73. The second-order valence-corrected chi connectivity index (χ2v) is 8.23. The predicted octanol–water partition coefficient (Wildman–Crippen LogP) is 3.76. The van der Waals surface area contributed by atoms with E-state index in [9.17, 15) is 9.18 Å². The number of pyridine rings is 1. The van der Waals surface area contributed by atoms with Crippen LogP contribution < -0.4 is 10.6 Å². The average molecular weight is 394 g/mol. The number of fused-ring (bicyclic) bond motifs is 1. The van der Waals surface area contributed by atoms with Crippen molar-refractivity contribution in [3.05, 3.63) is 59.3 Å². The summed E-state index contributed by atoms with van der Waals surface area (Å²) in [4.78, 5) is 17.2. The molecule has 152 valence electrons. The van der Waals surface area contributed by atoms with Crippen LogP contribution in [-0.2, 0) is 6.42 Å². The monoisotopic (exact) mass is 394 g/mol. The summed E-state index contributed by atoms with van der Waals surface area (Å²) in [6.45, 7) is 7.93. The van der Waals surface area contributed by atoms with Crippen LogP contribution in [0.5, 0.6) is 0 Å². The zero-order chi connectivity index (χ0) is 20.5. The lowest BCUT2D eigenvalue weighted by atomic mass is 9.97. The van der Waals surface area contributed by atoms with Gasteiger partial charge in [0.05, 0.1) is 23.0 Å². The van der Waals surface area contributed by atoms with Crippen LogP contribution in [0.4, 0.5) is 4.39 Å². The topological polar surface area (TPSA) is 59.0 Å². The van der Waals surface area contributed by atoms with Gasteiger partial charge in [-0.3, -0.25) is 9.78 Å². The Morgan fingerprint density at radius 3 is 2.93 bits per heavy atom. The molecule has 1 aromatic carbocycles. The van der Waals surface area contributed by atoms with E-state index in [0.717, 1.165) is 37.0 Å². The van der Waals surface area contributed by atoms with Crippen molar-refractivity contribution in [1.29, 1.82) is 0 Å². The number of hydrogen-bond acceptors (Lipinski definition) is 3. The minimum atomic E-state index is -0.425. The number of nitrogens with zero attached hydrogens (tertiary/aromatic N) is 2. The molecule has 0 saturated carbocycles. The number of aromatic nitrogens is 2. The number of carbonyl (C=O) groups excluding carboxylic acids is 1. The molecule has 3 heterocycles. The maximum absolute atomic E-state index is 14.0. The van der Waals surface area contributed by atoms with Gasteiger partial charge < -0.3 is 15.2 Å². The van der Waals surface area contributed by atoms with Crippen LogP contribution in [0.3, 0.4) is 0 Å². The van der Waals surface area contributed by atoms with Crippen LogP contribution >= 0.6 is 0 Å². The number of aryl methyl sites for hydroxylation is 1. The highest BCUT2D eigenvalue weighted by Gasteiger charge is 2.22. The van der Waals surface area contributed by atoms with Gasteiger partial charge in [0.15, 0.2) is 0 Å². The molecular weight excluding hydrogens is 367 g/mol. The SMILES string of the molecule is Cc1cncc2c1c(C[C@@H]1CCNC1)cn2-c1ccc(F)cc1C(=O)NC(C)C. The molecule has 0 aliphatic carbocycles. The second kappa shape index (κ2) is 7.95. The molecule has 4 rings (SSSR count). The quantitative estimate of drug-likeness (QED) is 0.693. The first kappa shape index (κ1) is 19.6. The number of nitrogens with one attached hydrogen (secondary N) is 2. The molecule has 1 aliphatic rings. The highest BCUT2D eigenvalue weighted by molar-refractivity contribution is 5.99. The van der Waals surface area contributed by atoms with Gasteiger partial charge in [0.25, 0.3) is 5.91 Å². The first-order valence-corrected chi connectivity index (χ1v) is 10.2. The number of carbonyl (C=O) groups is 1. The van der Waals surface area contributed by atoms with Gasteiger partial charge in [0.1, 0.15) is 5.82 Å². The molecule has 2 N–H and O–H groups in total. The molecule has 1 fully saturated rings. The van der Waals surface area contributed by atoms with Crippen LogP contribution in [0.2, 0.25) is 0 Å². The molecule has 2 aromatic heterocycles. The number of hydrogen-bond donors (Lipinski definition) is 2. The Labute approximate surface area is 170 Å². The van der Waals surface area contributed by atoms with E-state index < -0.39 is 5.82 Å². The van der Waals surface area contributed by atoms with Crippen molar-refractivity contribution in [2.75, 3.05) is 13.1 Å². The van der Waals surface area contributed by atoms with Gasteiger partial charge in [-0.25, -0.2) is 4.39 Å². The average Bonchev–Trinajstić information content (AvgIpc) is 3.30. The fourth-order valence-electron chi connectivity index (χ4n) is 4.24. The number of rotatable bonds is 5. The molecule has 0 bridgehead atoms. The van der Waals surface area contributed by atoms with Crippen molar-refractivity contribution in [3.63, 3.8) is 0 Å². The Kier molecular flexibility index (Phi) is 5.37. The van der Waals surface area contributed by atoms with E-state index >= 15 is 0 Å². The summed E-state index contributed by atoms with van der Waals surface area (Å²) in [6, 6.07) is 4.35. The Bertz CT molecular complexity index is 1050. The molecule has 5 nitrogen and oxygen atoms in total. The molecule has 0 unspecified atom stereocenters. The third kappa shape index (κ3) is 3.90. The van der Waals surface area contributed by atoms with Gasteiger partial charge in [-0.15, -0.1) is 0 Å². The standard InChI is InChI=1S/C23H27FN4O/c1-14(2)27-23(29)19-9-18(24)4-5-20(19)28-13-17(8-16-6-7-25-11-16)22-15(3)10-26-12-21(22)28/h4-5,9-10,12-14,16,25H,6-8,11H2,1-3H3,(H,27,29)/t16-/m0/s1. The van der Waals surface area contributed by atoms with Crippen LogP contribution in [0.1, 0.15) is 41.8 Å². The summed E-state index contributed by atoms with van der Waals surface area (Å²) in [5, 5.41) is 7.48. The summed E-state index contributed by atoms with van der Waals surface area (Å²) < 4.78 is 16.0. The van der Waals surface area contributed by atoms with Gasteiger partial charge in [0, 0.05) is 23.8 Å². The lowest BCUT2D eigenvalue weighted by Crippen LogP contribution is -2.31. The molecule has 3 aromatic rings. The molecule has 6 heteroatoms. The van der Waals surface area contributed by atoms with Crippen molar-refractivity contribution in [1.82, 2.24) is 20.2 Å². The number of halogens is 1. The molecule has 1 saturated heterocycles. The third-order valence-electron chi connectivity index (χ3n) is 5.53. The Balaban J connectivity index is 1.86. The fourth-order valence-corrected chi connectivity index (χ4v) is 4.24. The maximum atomic E-state index is 14.0. The van der Waals surface area contributed by atoms with Crippen LogP contribution in [0, 0.1) is 18.7 Å². The molecular formula is C23H27FN4O. The van der Waals surface area contributed by atoms with E-state index in [4.69, 9.17) is 0 Å². The zero-order valence-electron chi connectivity index (χ0n) is 17.1. The summed E-state index contributed by atoms with van der Waals surface area (Å²) in [5.41, 5.74) is 4.28. The minimum absolute atomic E-state index is 0.0330. The summed E-state index contributed by atoms with van der Waals surface area (Å²) in [5.74, 6) is -0.109. The van der Waals surface area contributed by atoms with Crippen LogP contribution in [-0.4, -0.2) is 34.6 Å². The smallest absolute Gasteiger partial charge is 0.253 e. The normalized spacial score (nSPS) is 16.7. The molecule has 29 heavy (non-hydrogen) atoms. The van der Waals surface area contributed by atoms with E-state index in [1.54, 1.807) is 6.07 Å². The first-order valence-electron chi connectivity index (χ1n) is 10.2. The summed E-state index contributed by atoms with van der Waals surface area (Å²) >= 11 is 0. The maximum Gasteiger partial charge on any atom is 0.253 e. The highest BCUT2D eigenvalue weighted by Crippen LogP contribution is 2.31. The Morgan fingerprint density at radius 1 is 1.38 bits per heavy atom. The summed E-state index contributed by atoms with van der Waals surface area (Å²) in [7, 11) is 0. The molecule has 1 atom stereocenters. The number of amides is 1. The Morgan fingerprint density at radius 2 is 2.21 bits per heavy atom. The summed E-state index contributed by atoms with van der Waals surface area (Å²) in [6.07, 6.45) is 7.93. The van der Waals surface area contributed by atoms with Gasteiger partial charge in [-0.2, -0.15) is 0 Å². The largest absolute Gasteiger partial charge is 0.350 e. The predicted molar refractivity (Wildman–Crippen MR) is 113 cm³/mol. The fraction of sp³-hybridized carbons (Fsp3) is 0.391. The van der Waals surface area contributed by atoms with Crippen molar-refractivity contribution < 1.29 is 9.18 Å². The lowest BCUT2D eigenvalue weighted by molar-refractivity contribution is 0.0942. The minimum Gasteiger partial charge on any atom is -0.350 e. The zero-order valence-corrected chi connectivity index (χ0v) is 17.1. The second-order valence-electron chi connectivity index (χ2n) is 8.23. The lowest BCUT2D eigenvalue weighted by Gasteiger charge is -2.14. The third-order valence-corrected chi connectivity index (χ3v) is 5.53. The van der Waals surface area contributed by atoms with Crippen molar-refractivity contribution in [2.24, 2.45) is 5.92 Å². The molecule has 0 radical (unpaired) electrons. The van der Waals surface area contributed by atoms with Crippen molar-refractivity contribution in [3.8, 4) is 5.69 Å². The van der Waals surface area contributed by atoms with Gasteiger partial charge >= 0.3 is 0 Å². The van der Waals surface area contributed by atoms with Gasteiger partial charge in [-0.1, -0.05) is 0 Å². The van der Waals surface area contributed by atoms with E-state index in [1.807, 2.05) is 30.8 Å². The van der Waals surface area contributed by atoms with E-state index in [2.05, 4.69) is 28.7 Å².